The highest BCUT2D eigenvalue weighted by Crippen LogP contribution is 2.34. The number of fused-ring (bicyclic) bond motifs is 5. The highest BCUT2D eigenvalue weighted by molar-refractivity contribution is 6.13. The fourth-order valence-electron chi connectivity index (χ4n) is 4.24. The van der Waals surface area contributed by atoms with E-state index in [0.717, 1.165) is 24.8 Å². The molecule has 0 unspecified atom stereocenters. The molecule has 2 aromatic heterocycles. The van der Waals surface area contributed by atoms with Crippen molar-refractivity contribution >= 4 is 17.4 Å². The van der Waals surface area contributed by atoms with E-state index in [0.29, 0.717) is 40.5 Å². The second-order valence-electron chi connectivity index (χ2n) is 8.73. The van der Waals surface area contributed by atoms with Crippen LogP contribution in [0.5, 0.6) is 5.75 Å². The molecule has 0 radical (unpaired) electrons. The van der Waals surface area contributed by atoms with Gasteiger partial charge in [0.15, 0.2) is 11.6 Å². The number of aromatic nitrogens is 4. The third-order valence-corrected chi connectivity index (χ3v) is 6.24. The number of carbonyl (C=O) groups excluding carboxylic acids is 1. The maximum absolute atomic E-state index is 14.3. The number of hydrogen-bond acceptors (Lipinski definition) is 7. The van der Waals surface area contributed by atoms with Crippen molar-refractivity contribution in [1.82, 2.24) is 19.7 Å². The van der Waals surface area contributed by atoms with Gasteiger partial charge < -0.3 is 15.8 Å². The molecule has 1 aliphatic carbocycles. The lowest BCUT2D eigenvalue weighted by Gasteiger charge is -2.25. The van der Waals surface area contributed by atoms with Gasteiger partial charge in [-0.15, -0.1) is 0 Å². The van der Waals surface area contributed by atoms with Crippen LogP contribution in [0.1, 0.15) is 56.2 Å². The summed E-state index contributed by atoms with van der Waals surface area (Å²) in [5, 5.41) is 7.12. The summed E-state index contributed by atoms with van der Waals surface area (Å²) in [7, 11) is 0. The third-order valence-electron chi connectivity index (χ3n) is 6.24. The van der Waals surface area contributed by atoms with Crippen LogP contribution in [-0.2, 0) is 11.2 Å². The number of hydrogen-bond donors (Lipinski definition) is 2. The van der Waals surface area contributed by atoms with Crippen molar-refractivity contribution in [3.63, 3.8) is 0 Å². The molecule has 180 valence electrons. The topological polar surface area (TPSA) is 120 Å². The summed E-state index contributed by atoms with van der Waals surface area (Å²) in [6, 6.07) is 6.42. The number of carbonyl (C=O) groups is 1. The van der Waals surface area contributed by atoms with Gasteiger partial charge >= 0.3 is 0 Å². The van der Waals surface area contributed by atoms with E-state index >= 15 is 0 Å². The minimum absolute atomic E-state index is 0.202. The number of aliphatic imine (C=N–C) groups is 1. The van der Waals surface area contributed by atoms with Crippen molar-refractivity contribution in [3.8, 4) is 11.4 Å². The Morgan fingerprint density at radius 2 is 2.14 bits per heavy atom. The smallest absolute Gasteiger partial charge is 0.222 e. The molecule has 10 heteroatoms. The summed E-state index contributed by atoms with van der Waals surface area (Å²) in [5.41, 5.74) is 9.47. The van der Waals surface area contributed by atoms with Crippen LogP contribution in [0.3, 0.4) is 0 Å². The molecule has 2 aliphatic rings. The van der Waals surface area contributed by atoms with E-state index in [-0.39, 0.29) is 17.8 Å². The fraction of sp³-hybridized carbons (Fsp3) is 0.320. The van der Waals surface area contributed by atoms with Gasteiger partial charge in [0.25, 0.3) is 0 Å². The predicted octanol–water partition coefficient (Wildman–Crippen LogP) is 3.64. The first-order valence-corrected chi connectivity index (χ1v) is 11.5. The largest absolute Gasteiger partial charge is 0.482 e. The van der Waals surface area contributed by atoms with Gasteiger partial charge in [0.1, 0.15) is 24.1 Å². The number of pyridine rings is 1. The molecule has 3 aromatic rings. The van der Waals surface area contributed by atoms with Crippen molar-refractivity contribution in [1.29, 1.82) is 0 Å². The van der Waals surface area contributed by atoms with Gasteiger partial charge in [-0.05, 0) is 56.7 Å². The summed E-state index contributed by atoms with van der Waals surface area (Å²) in [6.07, 6.45) is 7.54. The van der Waals surface area contributed by atoms with Gasteiger partial charge in [-0.3, -0.25) is 9.79 Å². The molecule has 1 fully saturated rings. The summed E-state index contributed by atoms with van der Waals surface area (Å²) in [5.74, 6) is 0.558. The molecule has 1 amide bonds. The monoisotopic (exact) mass is 475 g/mol. The first-order chi connectivity index (χ1) is 16.9. The number of nitrogens with zero attached hydrogens (tertiary/aromatic N) is 5. The quantitative estimate of drug-likeness (QED) is 0.584. The van der Waals surface area contributed by atoms with Crippen molar-refractivity contribution in [2.45, 2.75) is 51.7 Å². The molecule has 1 saturated carbocycles. The Bertz CT molecular complexity index is 1340. The molecule has 1 aromatic carbocycles. The highest BCUT2D eigenvalue weighted by atomic mass is 19.1. The second kappa shape index (κ2) is 9.28. The highest BCUT2D eigenvalue weighted by Gasteiger charge is 2.25. The van der Waals surface area contributed by atoms with Gasteiger partial charge in [0.05, 0.1) is 17.4 Å². The van der Waals surface area contributed by atoms with Gasteiger partial charge in [-0.25, -0.2) is 19.0 Å². The molecule has 1 atom stereocenters. The predicted molar refractivity (Wildman–Crippen MR) is 129 cm³/mol. The van der Waals surface area contributed by atoms with E-state index in [2.05, 4.69) is 20.4 Å². The summed E-state index contributed by atoms with van der Waals surface area (Å²) < 4.78 is 22.3. The van der Waals surface area contributed by atoms with Crippen molar-refractivity contribution in [3.05, 3.63) is 71.3 Å². The number of ether oxygens (including phenoxy) is 1. The Kier molecular flexibility index (Phi) is 6.02. The van der Waals surface area contributed by atoms with E-state index in [9.17, 15) is 9.18 Å². The van der Waals surface area contributed by atoms with E-state index < -0.39 is 11.9 Å². The Morgan fingerprint density at radius 1 is 1.31 bits per heavy atom. The van der Waals surface area contributed by atoms with E-state index in [4.69, 9.17) is 15.5 Å². The van der Waals surface area contributed by atoms with Crippen LogP contribution in [0, 0.1) is 5.82 Å². The SMILES string of the molecule is CC(=O)Nc1ncc2cc1O[C@H](C)c1cc(F)ccc1-n1ncnc1CC(=CN)C2=NC1CCC1. The van der Waals surface area contributed by atoms with Crippen LogP contribution < -0.4 is 15.8 Å². The zero-order chi connectivity index (χ0) is 24.5. The van der Waals surface area contributed by atoms with Crippen LogP contribution in [0.4, 0.5) is 10.2 Å². The van der Waals surface area contributed by atoms with E-state index in [1.54, 1.807) is 29.9 Å². The molecule has 35 heavy (non-hydrogen) atoms. The minimum Gasteiger partial charge on any atom is -0.482 e. The van der Waals surface area contributed by atoms with Crippen LogP contribution in [-0.4, -0.2) is 37.4 Å². The van der Waals surface area contributed by atoms with Crippen LogP contribution in [0.15, 0.2) is 53.6 Å². The van der Waals surface area contributed by atoms with Crippen LogP contribution in [0.25, 0.3) is 5.69 Å². The molecule has 2 bridgehead atoms. The maximum atomic E-state index is 14.3. The van der Waals surface area contributed by atoms with Gasteiger partial charge in [0.2, 0.25) is 5.91 Å². The molecule has 0 spiro atoms. The molecule has 1 aliphatic heterocycles. The normalized spacial score (nSPS) is 20.1. The third kappa shape index (κ3) is 4.51. The number of halogens is 1. The number of amides is 1. The molecule has 3 heterocycles. The summed E-state index contributed by atoms with van der Waals surface area (Å²) >= 11 is 0. The van der Waals surface area contributed by atoms with Crippen molar-refractivity contribution < 1.29 is 13.9 Å². The Balaban J connectivity index is 1.73. The van der Waals surface area contributed by atoms with Crippen LogP contribution >= 0.6 is 0 Å². The molecule has 0 saturated heterocycles. The Labute approximate surface area is 201 Å². The molecular weight excluding hydrogens is 449 g/mol. The van der Waals surface area contributed by atoms with Crippen molar-refractivity contribution in [2.24, 2.45) is 10.7 Å². The Morgan fingerprint density at radius 3 is 2.86 bits per heavy atom. The van der Waals surface area contributed by atoms with E-state index in [1.165, 1.54) is 31.6 Å². The Hall–Kier alpha value is -4.08. The zero-order valence-corrected chi connectivity index (χ0v) is 19.5. The van der Waals surface area contributed by atoms with E-state index in [1.807, 2.05) is 0 Å². The number of nitrogens with one attached hydrogen (secondary N) is 1. The lowest BCUT2D eigenvalue weighted by molar-refractivity contribution is -0.114. The van der Waals surface area contributed by atoms with Crippen LogP contribution in [0.2, 0.25) is 0 Å². The number of benzene rings is 1. The standard InChI is InChI=1S/C25H26FN7O2/c1-14-20-10-18(26)6-7-21(20)33-23(29-13-30-33)9-16(11-27)24(32-19-4-3-5-19)17-8-22(35-14)25(28-12-17)31-15(2)34/h6-8,10-14,19H,3-5,9,27H2,1-2H3,(H,28,31,34)/t14-/m1/s1. The zero-order valence-electron chi connectivity index (χ0n) is 19.5. The molecule has 9 nitrogen and oxygen atoms in total. The summed E-state index contributed by atoms with van der Waals surface area (Å²) in [4.78, 5) is 25.7. The maximum Gasteiger partial charge on any atom is 0.222 e. The van der Waals surface area contributed by atoms with Gasteiger partial charge in [-0.1, -0.05) is 0 Å². The number of nitrogens with two attached hydrogens (primary N) is 1. The minimum atomic E-state index is -0.599. The molecule has 3 N–H and O–H groups in total. The number of rotatable bonds is 2. The summed E-state index contributed by atoms with van der Waals surface area (Å²) in [6.45, 7) is 3.20. The number of anilines is 1. The first kappa shape index (κ1) is 22.7. The molecular formula is C25H26FN7O2. The lowest BCUT2D eigenvalue weighted by atomic mass is 9.92. The molecule has 5 rings (SSSR count). The average molecular weight is 476 g/mol. The average Bonchev–Trinajstić information content (AvgIpc) is 3.25. The van der Waals surface area contributed by atoms with Gasteiger partial charge in [0, 0.05) is 36.2 Å². The lowest BCUT2D eigenvalue weighted by Crippen LogP contribution is -2.22. The van der Waals surface area contributed by atoms with Crippen molar-refractivity contribution in [2.75, 3.05) is 5.32 Å². The fourth-order valence-corrected chi connectivity index (χ4v) is 4.24. The second-order valence-corrected chi connectivity index (χ2v) is 8.73. The van der Waals surface area contributed by atoms with Gasteiger partial charge in [-0.2, -0.15) is 5.10 Å². The first-order valence-electron chi connectivity index (χ1n) is 11.5. The number of allylic oxidation sites excluding steroid dienone is 1.